The fourth-order valence-corrected chi connectivity index (χ4v) is 4.84. The van der Waals surface area contributed by atoms with Gasteiger partial charge in [-0.1, -0.05) is 29.3 Å². The lowest BCUT2D eigenvalue weighted by Gasteiger charge is -2.26. The molecule has 27 heavy (non-hydrogen) atoms. The van der Waals surface area contributed by atoms with E-state index < -0.39 is 10.0 Å². The molecule has 1 aromatic carbocycles. The Bertz CT molecular complexity index is 790. The van der Waals surface area contributed by atoms with Crippen molar-refractivity contribution < 1.29 is 13.2 Å². The van der Waals surface area contributed by atoms with Crippen molar-refractivity contribution in [3.05, 3.63) is 40.5 Å². The molecule has 0 saturated heterocycles. The van der Waals surface area contributed by atoms with Crippen LogP contribution in [0.4, 0.5) is 5.69 Å². The maximum Gasteiger partial charge on any atom is 0.232 e. The van der Waals surface area contributed by atoms with E-state index in [0.717, 1.165) is 35.2 Å². The van der Waals surface area contributed by atoms with E-state index in [9.17, 15) is 13.2 Å². The van der Waals surface area contributed by atoms with Crippen molar-refractivity contribution in [3.63, 3.8) is 0 Å². The number of hydrogen-bond donors (Lipinski definition) is 1. The first-order chi connectivity index (χ1) is 12.7. The van der Waals surface area contributed by atoms with Gasteiger partial charge in [0.25, 0.3) is 0 Å². The third kappa shape index (κ3) is 6.38. The van der Waals surface area contributed by atoms with E-state index in [-0.39, 0.29) is 5.91 Å². The maximum atomic E-state index is 12.3. The standard InChI is InChI=1S/C21H32N2O3S/c1-16-13-17(2)21(18(3)14-16)23(27(4,25)26)12-8-11-20(24)22-15-19-9-6-5-7-10-19/h9,13-14H,5-8,10-12,15H2,1-4H3,(H,22,24). The summed E-state index contributed by atoms with van der Waals surface area (Å²) in [6, 6.07) is 3.98. The van der Waals surface area contributed by atoms with Crippen molar-refractivity contribution in [1.29, 1.82) is 0 Å². The molecule has 2 rings (SSSR count). The van der Waals surface area contributed by atoms with Crippen LogP contribution in [0.3, 0.4) is 0 Å². The second-order valence-electron chi connectivity index (χ2n) is 7.57. The van der Waals surface area contributed by atoms with E-state index in [1.54, 1.807) is 0 Å². The number of allylic oxidation sites excluding steroid dienone is 1. The molecule has 150 valence electrons. The van der Waals surface area contributed by atoms with E-state index in [4.69, 9.17) is 0 Å². The first kappa shape index (κ1) is 21.5. The number of anilines is 1. The number of nitrogens with zero attached hydrogens (tertiary/aromatic N) is 1. The van der Waals surface area contributed by atoms with Gasteiger partial charge in [-0.25, -0.2) is 8.42 Å². The van der Waals surface area contributed by atoms with Gasteiger partial charge in [-0.2, -0.15) is 0 Å². The highest BCUT2D eigenvalue weighted by atomic mass is 32.2. The lowest BCUT2D eigenvalue weighted by Crippen LogP contribution is -2.33. The zero-order chi connectivity index (χ0) is 20.0. The molecular formula is C21H32N2O3S. The summed E-state index contributed by atoms with van der Waals surface area (Å²) in [5.41, 5.74) is 5.02. The van der Waals surface area contributed by atoms with Crippen molar-refractivity contribution in [1.82, 2.24) is 5.32 Å². The Hall–Kier alpha value is -1.82. The lowest BCUT2D eigenvalue weighted by molar-refractivity contribution is -0.120. The fraction of sp³-hybridized carbons (Fsp3) is 0.571. The number of sulfonamides is 1. The summed E-state index contributed by atoms with van der Waals surface area (Å²) in [6.07, 6.45) is 8.85. The zero-order valence-corrected chi connectivity index (χ0v) is 17.8. The van der Waals surface area contributed by atoms with Crippen LogP contribution in [-0.2, 0) is 14.8 Å². The number of benzene rings is 1. The van der Waals surface area contributed by atoms with Crippen LogP contribution in [0.25, 0.3) is 0 Å². The first-order valence-electron chi connectivity index (χ1n) is 9.68. The van der Waals surface area contributed by atoms with Crippen LogP contribution in [0.15, 0.2) is 23.8 Å². The van der Waals surface area contributed by atoms with Gasteiger partial charge in [-0.15, -0.1) is 0 Å². The molecule has 0 atom stereocenters. The Kier molecular flexibility index (Phi) is 7.48. The highest BCUT2D eigenvalue weighted by Gasteiger charge is 2.21. The maximum absolute atomic E-state index is 12.3. The second kappa shape index (κ2) is 9.40. The highest BCUT2D eigenvalue weighted by molar-refractivity contribution is 7.92. The van der Waals surface area contributed by atoms with Gasteiger partial charge in [-0.05, 0) is 64.0 Å². The highest BCUT2D eigenvalue weighted by Crippen LogP contribution is 2.28. The van der Waals surface area contributed by atoms with Crippen LogP contribution in [0, 0.1) is 20.8 Å². The Balaban J connectivity index is 1.96. The summed E-state index contributed by atoms with van der Waals surface area (Å²) >= 11 is 0. The summed E-state index contributed by atoms with van der Waals surface area (Å²) in [7, 11) is -3.41. The summed E-state index contributed by atoms with van der Waals surface area (Å²) in [6.45, 7) is 6.78. The number of aryl methyl sites for hydroxylation is 3. The van der Waals surface area contributed by atoms with Crippen molar-refractivity contribution in [2.75, 3.05) is 23.7 Å². The molecule has 1 amide bonds. The van der Waals surface area contributed by atoms with Gasteiger partial charge < -0.3 is 5.32 Å². The minimum absolute atomic E-state index is 0.0210. The van der Waals surface area contributed by atoms with E-state index in [0.29, 0.717) is 25.9 Å². The molecule has 0 unspecified atom stereocenters. The molecule has 0 bridgehead atoms. The van der Waals surface area contributed by atoms with Crippen molar-refractivity contribution >= 4 is 21.6 Å². The van der Waals surface area contributed by atoms with Gasteiger partial charge in [0.15, 0.2) is 0 Å². The molecule has 1 N–H and O–H groups in total. The molecule has 5 nitrogen and oxygen atoms in total. The molecule has 1 aliphatic carbocycles. The number of rotatable bonds is 8. The molecule has 0 saturated carbocycles. The first-order valence-corrected chi connectivity index (χ1v) is 11.5. The van der Waals surface area contributed by atoms with Crippen molar-refractivity contribution in [3.8, 4) is 0 Å². The third-order valence-electron chi connectivity index (χ3n) is 4.95. The van der Waals surface area contributed by atoms with Crippen molar-refractivity contribution in [2.45, 2.75) is 59.3 Å². The number of nitrogens with one attached hydrogen (secondary N) is 1. The Morgan fingerprint density at radius 3 is 2.37 bits per heavy atom. The third-order valence-corrected chi connectivity index (χ3v) is 6.11. The van der Waals surface area contributed by atoms with E-state index >= 15 is 0 Å². The monoisotopic (exact) mass is 392 g/mol. The van der Waals surface area contributed by atoms with Crippen LogP contribution in [0.5, 0.6) is 0 Å². The quantitative estimate of drug-likeness (QED) is 0.685. The molecule has 1 aliphatic rings. The van der Waals surface area contributed by atoms with E-state index in [1.807, 2.05) is 32.9 Å². The van der Waals surface area contributed by atoms with E-state index in [2.05, 4.69) is 11.4 Å². The number of hydrogen-bond acceptors (Lipinski definition) is 3. The predicted molar refractivity (Wildman–Crippen MR) is 112 cm³/mol. The van der Waals surface area contributed by atoms with Gasteiger partial charge in [0.2, 0.25) is 15.9 Å². The van der Waals surface area contributed by atoms with Crippen molar-refractivity contribution in [2.24, 2.45) is 0 Å². The van der Waals surface area contributed by atoms with Gasteiger partial charge in [0, 0.05) is 19.5 Å². The summed E-state index contributed by atoms with van der Waals surface area (Å²) in [5.74, 6) is -0.0210. The van der Waals surface area contributed by atoms with Gasteiger partial charge >= 0.3 is 0 Å². The van der Waals surface area contributed by atoms with Gasteiger partial charge in [0.1, 0.15) is 0 Å². The number of carbonyl (C=O) groups is 1. The molecule has 0 aliphatic heterocycles. The predicted octanol–water partition coefficient (Wildman–Crippen LogP) is 3.77. The molecular weight excluding hydrogens is 360 g/mol. The van der Waals surface area contributed by atoms with Crippen LogP contribution in [-0.4, -0.2) is 33.7 Å². The van der Waals surface area contributed by atoms with Crippen LogP contribution in [0.2, 0.25) is 0 Å². The molecule has 0 fully saturated rings. The summed E-state index contributed by atoms with van der Waals surface area (Å²) < 4.78 is 26.1. The molecule has 0 spiro atoms. The van der Waals surface area contributed by atoms with E-state index in [1.165, 1.54) is 29.0 Å². The Morgan fingerprint density at radius 2 is 1.81 bits per heavy atom. The Labute approximate surface area is 163 Å². The van der Waals surface area contributed by atoms with Gasteiger partial charge in [-0.3, -0.25) is 9.10 Å². The molecule has 6 heteroatoms. The normalized spacial score (nSPS) is 14.6. The van der Waals surface area contributed by atoms with Crippen LogP contribution < -0.4 is 9.62 Å². The molecule has 0 aromatic heterocycles. The fourth-order valence-electron chi connectivity index (χ4n) is 3.76. The average Bonchev–Trinajstić information content (AvgIpc) is 2.58. The second-order valence-corrected chi connectivity index (χ2v) is 9.48. The summed E-state index contributed by atoms with van der Waals surface area (Å²) in [5, 5.41) is 2.96. The number of amides is 1. The largest absolute Gasteiger partial charge is 0.352 e. The van der Waals surface area contributed by atoms with Crippen LogP contribution >= 0.6 is 0 Å². The topological polar surface area (TPSA) is 66.5 Å². The van der Waals surface area contributed by atoms with Gasteiger partial charge in [0.05, 0.1) is 11.9 Å². The average molecular weight is 393 g/mol. The zero-order valence-electron chi connectivity index (χ0n) is 17.0. The Morgan fingerprint density at radius 1 is 1.15 bits per heavy atom. The SMILES string of the molecule is Cc1cc(C)c(N(CCCC(=O)NCC2=CCCCC2)S(C)(=O)=O)c(C)c1. The van der Waals surface area contributed by atoms with Crippen LogP contribution in [0.1, 0.15) is 55.2 Å². The molecule has 0 radical (unpaired) electrons. The molecule has 0 heterocycles. The lowest BCUT2D eigenvalue weighted by atomic mass is 10.00. The molecule has 1 aromatic rings. The number of carbonyl (C=O) groups excluding carboxylic acids is 1. The minimum atomic E-state index is -3.41. The smallest absolute Gasteiger partial charge is 0.232 e. The summed E-state index contributed by atoms with van der Waals surface area (Å²) in [4.78, 5) is 12.1. The minimum Gasteiger partial charge on any atom is -0.352 e.